The van der Waals surface area contributed by atoms with Crippen LogP contribution in [0.4, 0.5) is 17.6 Å². The van der Waals surface area contributed by atoms with Gasteiger partial charge < -0.3 is 23.9 Å². The Morgan fingerprint density at radius 1 is 1.18 bits per heavy atom. The maximum absolute atomic E-state index is 14.0. The summed E-state index contributed by atoms with van der Waals surface area (Å²) in [6.07, 6.45) is -5.22. The van der Waals surface area contributed by atoms with E-state index in [4.69, 9.17) is 14.2 Å². The van der Waals surface area contributed by atoms with E-state index in [1.807, 2.05) is 0 Å². The van der Waals surface area contributed by atoms with Gasteiger partial charge in [-0.25, -0.2) is 14.2 Å². The summed E-state index contributed by atoms with van der Waals surface area (Å²) < 4.78 is 73.3. The van der Waals surface area contributed by atoms with Crippen LogP contribution in [0.15, 0.2) is 18.2 Å². The molecule has 2 aromatic rings. The van der Waals surface area contributed by atoms with Crippen molar-refractivity contribution in [3.8, 4) is 11.4 Å². The van der Waals surface area contributed by atoms with E-state index in [2.05, 4.69) is 4.98 Å². The minimum atomic E-state index is -4.95. The first-order chi connectivity index (χ1) is 18.3. The lowest BCUT2D eigenvalue weighted by Gasteiger charge is -2.41. The van der Waals surface area contributed by atoms with Crippen molar-refractivity contribution in [3.05, 3.63) is 41.0 Å². The molecule has 1 fully saturated rings. The maximum Gasteiger partial charge on any atom is 0.419 e. The molecule has 3 rings (SSSR count). The molecule has 2 heterocycles. The van der Waals surface area contributed by atoms with Gasteiger partial charge in [-0.1, -0.05) is 13.8 Å². The number of carbonyl (C=O) groups is 2. The maximum atomic E-state index is 14.0. The Morgan fingerprint density at radius 2 is 1.80 bits per heavy atom. The van der Waals surface area contributed by atoms with E-state index in [1.165, 1.54) is 0 Å². The first kappa shape index (κ1) is 31.5. The molecule has 0 saturated carbocycles. The van der Waals surface area contributed by atoms with Gasteiger partial charge in [0.15, 0.2) is 11.5 Å². The molecule has 1 N–H and O–H groups in total. The summed E-state index contributed by atoms with van der Waals surface area (Å²) in [5, 5.41) is 9.81. The van der Waals surface area contributed by atoms with Crippen molar-refractivity contribution in [1.82, 2.24) is 9.55 Å². The Morgan fingerprint density at radius 3 is 2.35 bits per heavy atom. The first-order valence-corrected chi connectivity index (χ1v) is 13.1. The zero-order valence-electron chi connectivity index (χ0n) is 23.7. The molecule has 0 aliphatic carbocycles. The van der Waals surface area contributed by atoms with E-state index in [9.17, 15) is 32.3 Å². The number of halogens is 4. The summed E-state index contributed by atoms with van der Waals surface area (Å²) in [4.78, 5) is 28.6. The van der Waals surface area contributed by atoms with Gasteiger partial charge in [0.05, 0.1) is 29.9 Å². The Bertz CT molecular complexity index is 1250. The molecular weight excluding hydrogens is 536 g/mol. The van der Waals surface area contributed by atoms with Crippen LogP contribution in [0.3, 0.4) is 0 Å². The van der Waals surface area contributed by atoms with E-state index in [-0.39, 0.29) is 36.0 Å². The van der Waals surface area contributed by atoms with Crippen molar-refractivity contribution >= 4 is 11.9 Å². The topological polar surface area (TPSA) is 99.9 Å². The van der Waals surface area contributed by atoms with E-state index in [0.717, 1.165) is 6.07 Å². The molecule has 8 nitrogen and oxygen atoms in total. The normalized spacial score (nSPS) is 19.6. The third kappa shape index (κ3) is 7.81. The van der Waals surface area contributed by atoms with Gasteiger partial charge in [0.25, 0.3) is 0 Å². The van der Waals surface area contributed by atoms with Crippen LogP contribution in [-0.4, -0.2) is 50.2 Å². The van der Waals surface area contributed by atoms with Crippen LogP contribution in [-0.2, 0) is 31.7 Å². The summed E-state index contributed by atoms with van der Waals surface area (Å²) in [7, 11) is 0. The quantitative estimate of drug-likeness (QED) is 0.282. The number of imidazole rings is 1. The zero-order chi connectivity index (χ0) is 30.2. The summed E-state index contributed by atoms with van der Waals surface area (Å²) in [6.45, 7) is 12.4. The monoisotopic (exact) mass is 572 g/mol. The molecular formula is C28H36F4N2O6. The Hall–Kier alpha value is -2.99. The molecule has 1 aromatic heterocycles. The standard InChI is InChI=1S/C28H36F4N2O6/c1-15(2)23-22(25(36)37)33-24(16-8-9-20(29)19(12-16)28(30,31)32)34(23)11-10-17-13-18(39-27(6,7)38-17)14-21(35)40-26(3,4)5/h8-9,12,15,17-18H,10-11,13-14H2,1-7H3,(H,36,37)/t17-,18-/m1/s1. The second kappa shape index (κ2) is 11.5. The lowest BCUT2D eigenvalue weighted by molar-refractivity contribution is -0.301. The molecule has 1 aliphatic heterocycles. The average molecular weight is 573 g/mol. The highest BCUT2D eigenvalue weighted by Gasteiger charge is 2.38. The molecule has 0 amide bonds. The second-order valence-electron chi connectivity index (χ2n) is 11.7. The van der Waals surface area contributed by atoms with Crippen LogP contribution in [0, 0.1) is 5.82 Å². The number of aromatic nitrogens is 2. The number of benzene rings is 1. The number of nitrogens with zero attached hydrogens (tertiary/aromatic N) is 2. The second-order valence-corrected chi connectivity index (χ2v) is 11.7. The van der Waals surface area contributed by atoms with Crippen molar-refractivity contribution in [1.29, 1.82) is 0 Å². The van der Waals surface area contributed by atoms with Gasteiger partial charge in [0.2, 0.25) is 0 Å². The van der Waals surface area contributed by atoms with Crippen molar-refractivity contribution < 1.29 is 46.5 Å². The average Bonchev–Trinajstić information content (AvgIpc) is 3.15. The largest absolute Gasteiger partial charge is 0.476 e. The molecule has 12 heteroatoms. The summed E-state index contributed by atoms with van der Waals surface area (Å²) in [5.41, 5.74) is -2.17. The Kier molecular flexibility index (Phi) is 9.05. The first-order valence-electron chi connectivity index (χ1n) is 13.1. The van der Waals surface area contributed by atoms with E-state index in [1.54, 1.807) is 53.0 Å². The van der Waals surface area contributed by atoms with Gasteiger partial charge in [-0.05, 0) is 65.2 Å². The van der Waals surface area contributed by atoms with Crippen molar-refractivity contribution in [3.63, 3.8) is 0 Å². The van der Waals surface area contributed by atoms with E-state index < -0.39 is 53.1 Å². The van der Waals surface area contributed by atoms with Crippen molar-refractivity contribution in [2.75, 3.05) is 0 Å². The van der Waals surface area contributed by atoms with Crippen LogP contribution >= 0.6 is 0 Å². The summed E-state index contributed by atoms with van der Waals surface area (Å²) in [6, 6.07) is 2.47. The van der Waals surface area contributed by atoms with Gasteiger partial charge in [-0.2, -0.15) is 13.2 Å². The SMILES string of the molecule is CC(C)c1c(C(=O)O)nc(-c2ccc(F)c(C(F)(F)F)c2)n1CC[C@@H]1C[C@H](CC(=O)OC(C)(C)C)OC(C)(C)O1. The number of carboxylic acid groups (broad SMARTS) is 1. The van der Waals surface area contributed by atoms with Crippen molar-refractivity contribution in [2.45, 2.75) is 110 Å². The van der Waals surface area contributed by atoms with Crippen LogP contribution in [0.1, 0.15) is 95.4 Å². The fourth-order valence-electron chi connectivity index (χ4n) is 4.90. The van der Waals surface area contributed by atoms with E-state index >= 15 is 0 Å². The predicted octanol–water partition coefficient (Wildman–Crippen LogP) is 6.56. The fraction of sp³-hybridized carbons (Fsp3) is 0.607. The molecule has 1 aromatic carbocycles. The minimum absolute atomic E-state index is 0.00703. The van der Waals surface area contributed by atoms with Crippen LogP contribution in [0.2, 0.25) is 0 Å². The molecule has 0 bridgehead atoms. The highest BCUT2D eigenvalue weighted by atomic mass is 19.4. The van der Waals surface area contributed by atoms with Gasteiger partial charge in [-0.15, -0.1) is 0 Å². The van der Waals surface area contributed by atoms with E-state index in [0.29, 0.717) is 30.7 Å². The van der Waals surface area contributed by atoms with Crippen LogP contribution in [0.5, 0.6) is 0 Å². The third-order valence-corrected chi connectivity index (χ3v) is 6.20. The van der Waals surface area contributed by atoms with Crippen molar-refractivity contribution in [2.24, 2.45) is 0 Å². The number of carbonyl (C=O) groups excluding carboxylic acids is 1. The van der Waals surface area contributed by atoms with Gasteiger partial charge >= 0.3 is 18.1 Å². The van der Waals surface area contributed by atoms with Gasteiger partial charge in [0, 0.05) is 18.5 Å². The number of ether oxygens (including phenoxy) is 3. The fourth-order valence-corrected chi connectivity index (χ4v) is 4.90. The molecule has 0 unspecified atom stereocenters. The van der Waals surface area contributed by atoms with Crippen LogP contribution < -0.4 is 0 Å². The lowest BCUT2D eigenvalue weighted by atomic mass is 10.0. The number of alkyl halides is 3. The minimum Gasteiger partial charge on any atom is -0.476 e. The van der Waals surface area contributed by atoms with Gasteiger partial charge in [-0.3, -0.25) is 4.79 Å². The number of aromatic carboxylic acids is 1. The molecule has 1 aliphatic rings. The smallest absolute Gasteiger partial charge is 0.419 e. The number of rotatable bonds is 8. The summed E-state index contributed by atoms with van der Waals surface area (Å²) in [5.74, 6) is -4.59. The number of carboxylic acids is 1. The molecule has 0 radical (unpaired) electrons. The predicted molar refractivity (Wildman–Crippen MR) is 137 cm³/mol. The van der Waals surface area contributed by atoms with Crippen LogP contribution in [0.25, 0.3) is 11.4 Å². The highest BCUT2D eigenvalue weighted by molar-refractivity contribution is 5.88. The number of hydrogen-bond donors (Lipinski definition) is 1. The molecule has 1 saturated heterocycles. The molecule has 2 atom stereocenters. The van der Waals surface area contributed by atoms with Gasteiger partial charge in [0.1, 0.15) is 17.2 Å². The third-order valence-electron chi connectivity index (χ3n) is 6.20. The number of esters is 1. The zero-order valence-corrected chi connectivity index (χ0v) is 23.7. The molecule has 222 valence electrons. The highest BCUT2D eigenvalue weighted by Crippen LogP contribution is 2.36. The lowest BCUT2D eigenvalue weighted by Crippen LogP contribution is -2.46. The Balaban J connectivity index is 1.95. The molecule has 40 heavy (non-hydrogen) atoms. The number of hydrogen-bond acceptors (Lipinski definition) is 6. The molecule has 0 spiro atoms. The summed E-state index contributed by atoms with van der Waals surface area (Å²) >= 11 is 0. The Labute approximate surface area is 230 Å².